The molecular formula is C30H34N2O3. The lowest BCUT2D eigenvalue weighted by Gasteiger charge is -2.35. The van der Waals surface area contributed by atoms with Crippen molar-refractivity contribution in [2.45, 2.75) is 32.4 Å². The number of nitrogens with one attached hydrogen (secondary N) is 1. The Morgan fingerprint density at radius 1 is 1.03 bits per heavy atom. The molecule has 182 valence electrons. The number of amides is 1. The zero-order chi connectivity index (χ0) is 25.4. The van der Waals surface area contributed by atoms with Gasteiger partial charge in [-0.2, -0.15) is 0 Å². The fourth-order valence-corrected chi connectivity index (χ4v) is 4.58. The molecule has 0 saturated carbocycles. The van der Waals surface area contributed by atoms with Gasteiger partial charge in [0, 0.05) is 12.1 Å². The minimum atomic E-state index is -0.609. The number of aryl methyl sites for hydroxylation is 1. The summed E-state index contributed by atoms with van der Waals surface area (Å²) >= 11 is 0. The summed E-state index contributed by atoms with van der Waals surface area (Å²) in [6, 6.07) is 22.8. The number of likely N-dealkylation sites (N-methyl/N-ethyl adjacent to an activating group) is 1. The van der Waals surface area contributed by atoms with Crippen molar-refractivity contribution in [2.75, 3.05) is 21.2 Å². The summed E-state index contributed by atoms with van der Waals surface area (Å²) in [5.74, 6) is -0.0157. The van der Waals surface area contributed by atoms with Crippen LogP contribution in [0.2, 0.25) is 0 Å². The van der Waals surface area contributed by atoms with E-state index in [4.69, 9.17) is 4.74 Å². The number of hydrogen-bond acceptors (Lipinski definition) is 4. The van der Waals surface area contributed by atoms with Crippen LogP contribution in [-0.4, -0.2) is 44.3 Å². The molecule has 5 heteroatoms. The highest BCUT2D eigenvalue weighted by Crippen LogP contribution is 2.35. The number of nitrogens with zero attached hydrogens (tertiary/aromatic N) is 1. The Bertz CT molecular complexity index is 1200. The minimum absolute atomic E-state index is 0.145. The first-order chi connectivity index (χ1) is 16.9. The zero-order valence-electron chi connectivity index (χ0n) is 21.1. The Kier molecular flexibility index (Phi) is 8.98. The van der Waals surface area contributed by atoms with Crippen LogP contribution in [-0.2, 0) is 11.3 Å². The van der Waals surface area contributed by atoms with E-state index in [1.807, 2.05) is 75.6 Å². The van der Waals surface area contributed by atoms with Gasteiger partial charge in [-0.3, -0.25) is 9.59 Å². The molecule has 0 aliphatic carbocycles. The van der Waals surface area contributed by atoms with Crippen molar-refractivity contribution in [1.82, 2.24) is 10.2 Å². The first-order valence-corrected chi connectivity index (χ1v) is 11.7. The first-order valence-electron chi connectivity index (χ1n) is 11.7. The molecule has 0 spiro atoms. The maximum atomic E-state index is 13.9. The van der Waals surface area contributed by atoms with Gasteiger partial charge in [0.15, 0.2) is 0 Å². The predicted molar refractivity (Wildman–Crippen MR) is 142 cm³/mol. The number of allylic oxidation sites excluding steroid dienone is 1. The highest BCUT2D eigenvalue weighted by Gasteiger charge is 2.36. The number of benzene rings is 3. The van der Waals surface area contributed by atoms with Gasteiger partial charge in [0.1, 0.15) is 12.0 Å². The minimum Gasteiger partial charge on any atom is -0.497 e. The number of methoxy groups -OCH3 is 1. The van der Waals surface area contributed by atoms with Crippen LogP contribution >= 0.6 is 0 Å². The molecule has 0 radical (unpaired) electrons. The maximum absolute atomic E-state index is 13.9. The molecule has 0 aliphatic rings. The average molecular weight is 471 g/mol. The summed E-state index contributed by atoms with van der Waals surface area (Å²) in [4.78, 5) is 28.0. The molecule has 2 unspecified atom stereocenters. The fraction of sp³-hybridized carbons (Fsp3) is 0.267. The second kappa shape index (κ2) is 12.1. The lowest BCUT2D eigenvalue weighted by molar-refractivity contribution is -0.123. The summed E-state index contributed by atoms with van der Waals surface area (Å²) in [7, 11) is 5.56. The van der Waals surface area contributed by atoms with Gasteiger partial charge in [0.25, 0.3) is 0 Å². The van der Waals surface area contributed by atoms with Crippen LogP contribution in [0.3, 0.4) is 0 Å². The van der Waals surface area contributed by atoms with E-state index in [1.165, 1.54) is 0 Å². The Hall–Kier alpha value is -3.70. The maximum Gasteiger partial charge on any atom is 0.229 e. The molecule has 2 atom stereocenters. The molecule has 0 bridgehead atoms. The lowest BCUT2D eigenvalue weighted by Crippen LogP contribution is -2.43. The van der Waals surface area contributed by atoms with Crippen LogP contribution < -0.4 is 10.1 Å². The van der Waals surface area contributed by atoms with Crippen molar-refractivity contribution < 1.29 is 14.3 Å². The number of aldehydes is 1. The molecule has 35 heavy (non-hydrogen) atoms. The Morgan fingerprint density at radius 3 is 2.40 bits per heavy atom. The van der Waals surface area contributed by atoms with Gasteiger partial charge in [-0.05, 0) is 67.9 Å². The third kappa shape index (κ3) is 6.06. The molecule has 0 fully saturated rings. The Morgan fingerprint density at radius 2 is 1.74 bits per heavy atom. The smallest absolute Gasteiger partial charge is 0.229 e. The second-order valence-electron chi connectivity index (χ2n) is 8.76. The Balaban J connectivity index is 2.07. The third-order valence-electron chi connectivity index (χ3n) is 6.30. The molecule has 1 N–H and O–H groups in total. The molecular weight excluding hydrogens is 436 g/mol. The average Bonchev–Trinajstić information content (AvgIpc) is 2.88. The largest absolute Gasteiger partial charge is 0.497 e. The van der Waals surface area contributed by atoms with Gasteiger partial charge in [-0.15, -0.1) is 0 Å². The van der Waals surface area contributed by atoms with E-state index in [0.29, 0.717) is 17.7 Å². The van der Waals surface area contributed by atoms with Crippen LogP contribution in [0.5, 0.6) is 5.75 Å². The molecule has 3 aromatic carbocycles. The van der Waals surface area contributed by atoms with Crippen molar-refractivity contribution in [2.24, 2.45) is 0 Å². The number of carbonyl (C=O) groups excluding carboxylic acids is 2. The second-order valence-corrected chi connectivity index (χ2v) is 8.76. The molecule has 0 aliphatic heterocycles. The van der Waals surface area contributed by atoms with E-state index < -0.39 is 5.92 Å². The van der Waals surface area contributed by atoms with Gasteiger partial charge in [0.2, 0.25) is 5.91 Å². The highest BCUT2D eigenvalue weighted by molar-refractivity contribution is 5.92. The van der Waals surface area contributed by atoms with E-state index in [0.717, 1.165) is 34.3 Å². The molecule has 0 saturated heterocycles. The van der Waals surface area contributed by atoms with E-state index in [9.17, 15) is 9.59 Å². The van der Waals surface area contributed by atoms with Crippen LogP contribution in [0, 0.1) is 6.92 Å². The normalized spacial score (nSPS) is 13.3. The van der Waals surface area contributed by atoms with Gasteiger partial charge >= 0.3 is 0 Å². The van der Waals surface area contributed by atoms with Crippen LogP contribution in [0.25, 0.3) is 5.57 Å². The summed E-state index contributed by atoms with van der Waals surface area (Å²) in [6.45, 7) is 4.42. The number of ether oxygens (including phenoxy) is 1. The number of hydrogen-bond donors (Lipinski definition) is 1. The number of rotatable bonds is 10. The topological polar surface area (TPSA) is 58.6 Å². The molecule has 5 nitrogen and oxygen atoms in total. The molecule has 3 rings (SSSR count). The monoisotopic (exact) mass is 470 g/mol. The zero-order valence-corrected chi connectivity index (χ0v) is 21.1. The predicted octanol–water partition coefficient (Wildman–Crippen LogP) is 5.25. The quantitative estimate of drug-likeness (QED) is 0.411. The molecule has 3 aromatic rings. The Labute approximate surface area is 208 Å². The lowest BCUT2D eigenvalue weighted by atomic mass is 9.80. The standard InChI is InChI=1S/C30H34N2O3/c1-6-25(26-16-9-7-12-21(26)2)29(32(3)4)28(27-17-10-8-14-23(27)20-33)30(34)31-19-22-13-11-15-24(18-22)35-5/h6-18,20,28-29H,19H2,1-5H3,(H,31,34)/b25-6+. The number of carbonyl (C=O) groups is 2. The van der Waals surface area contributed by atoms with Gasteiger partial charge in [-0.1, -0.05) is 66.7 Å². The molecule has 1 amide bonds. The van der Waals surface area contributed by atoms with Crippen LogP contribution in [0.4, 0.5) is 0 Å². The van der Waals surface area contributed by atoms with E-state index >= 15 is 0 Å². The van der Waals surface area contributed by atoms with Crippen molar-refractivity contribution in [1.29, 1.82) is 0 Å². The summed E-state index contributed by atoms with van der Waals surface area (Å²) < 4.78 is 5.32. The molecule has 0 aromatic heterocycles. The van der Waals surface area contributed by atoms with E-state index in [1.54, 1.807) is 13.2 Å². The van der Waals surface area contributed by atoms with Crippen molar-refractivity contribution in [3.05, 3.63) is 107 Å². The van der Waals surface area contributed by atoms with Gasteiger partial charge < -0.3 is 15.0 Å². The summed E-state index contributed by atoms with van der Waals surface area (Å²) in [6.07, 6.45) is 2.90. The highest BCUT2D eigenvalue weighted by atomic mass is 16.5. The van der Waals surface area contributed by atoms with E-state index in [2.05, 4.69) is 35.3 Å². The first kappa shape index (κ1) is 25.9. The SMILES string of the molecule is C/C=C(\c1ccccc1C)C(C(C(=O)NCc1cccc(OC)c1)c1ccccc1C=O)N(C)C. The summed E-state index contributed by atoms with van der Waals surface area (Å²) in [5.41, 5.74) is 5.41. The van der Waals surface area contributed by atoms with Gasteiger partial charge in [0.05, 0.1) is 19.1 Å². The van der Waals surface area contributed by atoms with Gasteiger partial charge in [-0.25, -0.2) is 0 Å². The summed E-state index contributed by atoms with van der Waals surface area (Å²) in [5, 5.41) is 3.12. The third-order valence-corrected chi connectivity index (χ3v) is 6.30. The van der Waals surface area contributed by atoms with Crippen molar-refractivity contribution in [3.63, 3.8) is 0 Å². The van der Waals surface area contributed by atoms with Crippen LogP contribution in [0.1, 0.15) is 45.5 Å². The van der Waals surface area contributed by atoms with Crippen molar-refractivity contribution in [3.8, 4) is 5.75 Å². The van der Waals surface area contributed by atoms with E-state index in [-0.39, 0.29) is 11.9 Å². The van der Waals surface area contributed by atoms with Crippen LogP contribution in [0.15, 0.2) is 78.9 Å². The van der Waals surface area contributed by atoms with Crippen molar-refractivity contribution >= 4 is 17.8 Å². The molecule has 0 heterocycles. The fourth-order valence-electron chi connectivity index (χ4n) is 4.58.